The first-order valence-corrected chi connectivity index (χ1v) is 16.3. The topological polar surface area (TPSA) is 92.3 Å². The number of amides is 2. The van der Waals surface area contributed by atoms with Gasteiger partial charge in [0.1, 0.15) is 18.4 Å². The van der Waals surface area contributed by atoms with Gasteiger partial charge in [-0.15, -0.1) is 11.8 Å². The molecule has 42 heavy (non-hydrogen) atoms. The molecule has 2 N–H and O–H groups in total. The quantitative estimate of drug-likeness (QED) is 0.290. The fraction of sp³-hybridized carbons (Fsp3) is 0.545. The maximum Gasteiger partial charge on any atom is 0.245 e. The van der Waals surface area contributed by atoms with E-state index in [9.17, 15) is 9.59 Å². The van der Waals surface area contributed by atoms with E-state index in [2.05, 4.69) is 41.2 Å². The third-order valence-electron chi connectivity index (χ3n) is 8.11. The molecule has 0 bridgehead atoms. The Labute approximate surface area is 254 Å². The van der Waals surface area contributed by atoms with E-state index < -0.39 is 6.04 Å². The van der Waals surface area contributed by atoms with E-state index in [1.807, 2.05) is 30.0 Å². The van der Waals surface area contributed by atoms with Crippen LogP contribution in [0.4, 0.5) is 0 Å². The summed E-state index contributed by atoms with van der Waals surface area (Å²) in [6, 6.07) is 11.4. The van der Waals surface area contributed by atoms with Crippen molar-refractivity contribution in [3.8, 4) is 5.75 Å². The molecule has 0 saturated heterocycles. The van der Waals surface area contributed by atoms with Gasteiger partial charge in [-0.2, -0.15) is 0 Å². The fourth-order valence-corrected chi connectivity index (χ4v) is 6.48. The molecular weight excluding hydrogens is 548 g/mol. The Kier molecular flexibility index (Phi) is 12.3. The second-order valence-electron chi connectivity index (χ2n) is 11.1. The summed E-state index contributed by atoms with van der Waals surface area (Å²) in [4.78, 5) is 34.1. The van der Waals surface area contributed by atoms with Crippen molar-refractivity contribution >= 4 is 45.8 Å². The van der Waals surface area contributed by atoms with Crippen LogP contribution in [-0.2, 0) is 14.3 Å². The van der Waals surface area contributed by atoms with Crippen molar-refractivity contribution in [1.29, 1.82) is 0 Å². The average molecular weight is 595 g/mol. The molecule has 2 aliphatic rings. The first-order chi connectivity index (χ1) is 20.5. The van der Waals surface area contributed by atoms with Crippen LogP contribution in [0.1, 0.15) is 57.9 Å². The molecule has 0 radical (unpaired) electrons. The van der Waals surface area contributed by atoms with Crippen LogP contribution in [-0.4, -0.2) is 80.7 Å². The molecular formula is C33H46N4O4S. The minimum Gasteiger partial charge on any atom is -0.490 e. The molecule has 2 atom stereocenters. The predicted octanol–water partition coefficient (Wildman–Crippen LogP) is 5.26. The summed E-state index contributed by atoms with van der Waals surface area (Å²) < 4.78 is 11.4. The Morgan fingerprint density at radius 1 is 1.12 bits per heavy atom. The number of benzene rings is 2. The highest BCUT2D eigenvalue weighted by atomic mass is 32.2. The number of fused-ring (bicyclic) bond motifs is 1. The Morgan fingerprint density at radius 3 is 2.64 bits per heavy atom. The zero-order valence-corrected chi connectivity index (χ0v) is 26.3. The summed E-state index contributed by atoms with van der Waals surface area (Å²) in [7, 11) is 3.43. The molecule has 0 aromatic heterocycles. The largest absolute Gasteiger partial charge is 0.490 e. The second-order valence-corrected chi connectivity index (χ2v) is 12.0. The number of carbonyl (C=O) groups is 2. The van der Waals surface area contributed by atoms with Gasteiger partial charge in [-0.05, 0) is 61.4 Å². The average Bonchev–Trinajstić information content (AvgIpc) is 3.03. The van der Waals surface area contributed by atoms with Crippen LogP contribution < -0.4 is 15.4 Å². The second kappa shape index (κ2) is 16.1. The number of aliphatic imine (C=N–C) groups is 1. The molecule has 1 aliphatic carbocycles. The summed E-state index contributed by atoms with van der Waals surface area (Å²) in [6.45, 7) is 5.89. The summed E-state index contributed by atoms with van der Waals surface area (Å²) in [5.41, 5.74) is 2.73. The maximum absolute atomic E-state index is 14.2. The molecule has 9 heteroatoms. The Balaban J connectivity index is 1.61. The number of likely N-dealkylation sites (N-methyl/N-ethyl adjacent to an activating group) is 1. The van der Waals surface area contributed by atoms with Crippen molar-refractivity contribution in [2.45, 2.75) is 64.5 Å². The molecule has 1 unspecified atom stereocenters. The van der Waals surface area contributed by atoms with Crippen molar-refractivity contribution in [2.24, 2.45) is 10.9 Å². The highest BCUT2D eigenvalue weighted by Gasteiger charge is 2.35. The molecule has 2 aromatic carbocycles. The van der Waals surface area contributed by atoms with Gasteiger partial charge < -0.3 is 25.0 Å². The lowest BCUT2D eigenvalue weighted by molar-refractivity contribution is -0.138. The van der Waals surface area contributed by atoms with Crippen LogP contribution in [0.5, 0.6) is 5.75 Å². The number of nitrogens with zero attached hydrogens (tertiary/aromatic N) is 2. The molecule has 8 nitrogen and oxygen atoms in total. The third-order valence-corrected chi connectivity index (χ3v) is 9.00. The maximum atomic E-state index is 14.2. The normalized spacial score (nSPS) is 17.2. The zero-order chi connectivity index (χ0) is 29.9. The van der Waals surface area contributed by atoms with Gasteiger partial charge in [-0.1, -0.05) is 56.5 Å². The summed E-state index contributed by atoms with van der Waals surface area (Å²) in [5.74, 6) is 1.49. The van der Waals surface area contributed by atoms with E-state index >= 15 is 0 Å². The number of rotatable bonds is 14. The van der Waals surface area contributed by atoms with Crippen LogP contribution in [0.25, 0.3) is 16.5 Å². The molecule has 1 saturated carbocycles. The highest BCUT2D eigenvalue weighted by Crippen LogP contribution is 2.37. The summed E-state index contributed by atoms with van der Waals surface area (Å²) in [6.07, 6.45) is 6.12. The SMILES string of the molecule is CCCN(CC1=NC(c2c(OCCOC)ccc3ccccc23)=CSC1)C(=O)C(NC(=O)[C@H](C)NC)C1CCCCC1. The van der Waals surface area contributed by atoms with E-state index in [0.29, 0.717) is 32.1 Å². The van der Waals surface area contributed by atoms with Crippen LogP contribution >= 0.6 is 11.8 Å². The van der Waals surface area contributed by atoms with Crippen LogP contribution in [0.15, 0.2) is 46.8 Å². The van der Waals surface area contributed by atoms with Gasteiger partial charge in [0.2, 0.25) is 11.8 Å². The van der Waals surface area contributed by atoms with Crippen molar-refractivity contribution in [2.75, 3.05) is 46.2 Å². The monoisotopic (exact) mass is 594 g/mol. The molecule has 1 heterocycles. The van der Waals surface area contributed by atoms with Crippen molar-refractivity contribution in [3.63, 3.8) is 0 Å². The first kappa shape index (κ1) is 32.0. The molecule has 4 rings (SSSR count). The van der Waals surface area contributed by atoms with Gasteiger partial charge in [-0.3, -0.25) is 14.6 Å². The van der Waals surface area contributed by atoms with E-state index in [0.717, 1.165) is 65.6 Å². The van der Waals surface area contributed by atoms with E-state index in [1.54, 1.807) is 25.9 Å². The predicted molar refractivity (Wildman–Crippen MR) is 173 cm³/mol. The minimum atomic E-state index is -0.522. The molecule has 2 amide bonds. The molecule has 228 valence electrons. The van der Waals surface area contributed by atoms with Crippen LogP contribution in [0.3, 0.4) is 0 Å². The van der Waals surface area contributed by atoms with Crippen LogP contribution in [0, 0.1) is 5.92 Å². The standard InChI is InChI=1S/C33H46N4O4S/c1-5-17-37(33(39)31(25-12-7-6-8-13-25)36-32(38)23(2)34-3)20-26-21-42-22-28(35-26)30-27-14-10-9-11-24(27)15-16-29(30)41-19-18-40-4/h9-11,14-16,22-23,25,31,34H,5-8,12-13,17-21H2,1-4H3,(H,36,38)/t23-,31?/m0/s1. The van der Waals surface area contributed by atoms with Crippen molar-refractivity contribution in [3.05, 3.63) is 47.4 Å². The molecule has 1 aliphatic heterocycles. The van der Waals surface area contributed by atoms with Gasteiger partial charge in [0.05, 0.1) is 30.5 Å². The number of hydrogen-bond acceptors (Lipinski definition) is 7. The fourth-order valence-electron chi connectivity index (χ4n) is 5.72. The number of methoxy groups -OCH3 is 1. The van der Waals surface area contributed by atoms with Gasteiger partial charge >= 0.3 is 0 Å². The van der Waals surface area contributed by atoms with E-state index in [-0.39, 0.29) is 23.8 Å². The van der Waals surface area contributed by atoms with E-state index in [4.69, 9.17) is 14.5 Å². The summed E-state index contributed by atoms with van der Waals surface area (Å²) in [5, 5.41) is 10.4. The first-order valence-electron chi connectivity index (χ1n) is 15.2. The lowest BCUT2D eigenvalue weighted by atomic mass is 9.83. The lowest BCUT2D eigenvalue weighted by Crippen LogP contribution is -2.56. The lowest BCUT2D eigenvalue weighted by Gasteiger charge is -2.35. The Hall–Kier alpha value is -2.88. The third kappa shape index (κ3) is 8.14. The number of ether oxygens (including phenoxy) is 2. The molecule has 1 fully saturated rings. The van der Waals surface area contributed by atoms with Gasteiger partial charge in [-0.25, -0.2) is 0 Å². The van der Waals surface area contributed by atoms with E-state index in [1.165, 1.54) is 6.42 Å². The van der Waals surface area contributed by atoms with Crippen molar-refractivity contribution < 1.29 is 19.1 Å². The molecule has 0 spiro atoms. The summed E-state index contributed by atoms with van der Waals surface area (Å²) >= 11 is 1.69. The van der Waals surface area contributed by atoms with Gasteiger partial charge in [0.15, 0.2) is 0 Å². The number of hydrogen-bond donors (Lipinski definition) is 2. The van der Waals surface area contributed by atoms with Crippen molar-refractivity contribution in [1.82, 2.24) is 15.5 Å². The highest BCUT2D eigenvalue weighted by molar-refractivity contribution is 8.03. The van der Waals surface area contributed by atoms with Gasteiger partial charge in [0.25, 0.3) is 0 Å². The van der Waals surface area contributed by atoms with Crippen LogP contribution in [0.2, 0.25) is 0 Å². The Morgan fingerprint density at radius 2 is 1.90 bits per heavy atom. The zero-order valence-electron chi connectivity index (χ0n) is 25.5. The number of thioether (sulfide) groups is 1. The minimum absolute atomic E-state index is 0.00189. The molecule has 2 aromatic rings. The van der Waals surface area contributed by atoms with Gasteiger partial charge in [0, 0.05) is 25.1 Å². The Bertz CT molecular complexity index is 1270. The number of carbonyl (C=O) groups excluding carboxylic acids is 2. The number of nitrogens with one attached hydrogen (secondary N) is 2. The smallest absolute Gasteiger partial charge is 0.245 e.